The highest BCUT2D eigenvalue weighted by molar-refractivity contribution is 6.86. The predicted molar refractivity (Wildman–Crippen MR) is 31.5 cm³/mol. The van der Waals surface area contributed by atoms with Crippen LogP contribution < -0.4 is 0 Å². The molecule has 1 fully saturated rings. The molecule has 2 aliphatic rings. The lowest BCUT2D eigenvalue weighted by Crippen LogP contribution is -2.34. The number of allylic oxidation sites excluding steroid dienone is 2. The molecule has 0 radical (unpaired) electrons. The summed E-state index contributed by atoms with van der Waals surface area (Å²) >= 11 is 0. The number of fused-ring (bicyclic) bond motifs is 1. The molecule has 0 aromatic rings. The van der Waals surface area contributed by atoms with Gasteiger partial charge in [0, 0.05) is 0 Å². The van der Waals surface area contributed by atoms with Gasteiger partial charge < -0.3 is 10.0 Å². The van der Waals surface area contributed by atoms with Crippen LogP contribution in [0.5, 0.6) is 0 Å². The summed E-state index contributed by atoms with van der Waals surface area (Å²) in [6, 6.07) is 0. The Hall–Kier alpha value is -0.755. The van der Waals surface area contributed by atoms with Crippen LogP contribution >= 0.6 is 0 Å². The van der Waals surface area contributed by atoms with Gasteiger partial charge in [0.2, 0.25) is 0 Å². The Morgan fingerprint density at radius 1 is 1.23 bits per heavy atom. The minimum absolute atomic E-state index is 2.33. The Morgan fingerprint density at radius 3 is 1.92 bits per heavy atom. The summed E-state index contributed by atoms with van der Waals surface area (Å²) in [6.07, 6.45) is -2.43. The number of hydrogen-bond acceptors (Lipinski definition) is 2. The Kier molecular flexibility index (Phi) is 1.16. The molecule has 1 unspecified atom stereocenters. The van der Waals surface area contributed by atoms with Crippen molar-refractivity contribution in [2.75, 3.05) is 0 Å². The van der Waals surface area contributed by atoms with Crippen molar-refractivity contribution in [3.8, 4) is 0 Å². The van der Waals surface area contributed by atoms with Gasteiger partial charge in [0.05, 0.1) is 0 Å². The van der Waals surface area contributed by atoms with Crippen molar-refractivity contribution in [1.29, 1.82) is 0 Å². The van der Waals surface area contributed by atoms with Crippen molar-refractivity contribution >= 4 is 6.55 Å². The van der Waals surface area contributed by atoms with Gasteiger partial charge in [-0.2, -0.15) is 4.39 Å². The van der Waals surface area contributed by atoms with Crippen LogP contribution in [0.3, 0.4) is 0 Å². The van der Waals surface area contributed by atoms with E-state index in [1.807, 2.05) is 0 Å². The summed E-state index contributed by atoms with van der Waals surface area (Å²) < 4.78 is 63.1. The molecule has 2 nitrogen and oxygen atoms in total. The molecule has 8 heteroatoms. The van der Waals surface area contributed by atoms with Crippen LogP contribution in [-0.2, 0) is 0 Å². The lowest BCUT2D eigenvalue weighted by atomic mass is 9.71. The van der Waals surface area contributed by atoms with Gasteiger partial charge in [0.25, 0.3) is 12.0 Å². The third-order valence-corrected chi connectivity index (χ3v) is 2.58. The van der Waals surface area contributed by atoms with Crippen LogP contribution in [0.25, 0.3) is 0 Å². The van der Waals surface area contributed by atoms with Crippen LogP contribution in [0.15, 0.2) is 11.7 Å². The van der Waals surface area contributed by atoms with Gasteiger partial charge in [-0.1, -0.05) is 8.78 Å². The van der Waals surface area contributed by atoms with E-state index in [4.69, 9.17) is 10.0 Å². The molecule has 0 bridgehead atoms. The molecular weight excluding hydrogens is 198 g/mol. The van der Waals surface area contributed by atoms with Crippen molar-refractivity contribution in [1.82, 2.24) is 0 Å². The first-order valence-corrected chi connectivity index (χ1v) is 3.29. The van der Waals surface area contributed by atoms with Crippen LogP contribution in [0.4, 0.5) is 22.0 Å². The first kappa shape index (κ1) is 8.83. The minimum Gasteiger partial charge on any atom is -0.576 e. The number of alkyl halides is 2. The number of halogens is 5. The van der Waals surface area contributed by atoms with Gasteiger partial charge in [-0.3, -0.25) is 0 Å². The van der Waals surface area contributed by atoms with E-state index in [-0.39, 0.29) is 0 Å². The molecule has 0 saturated carbocycles. The van der Waals surface area contributed by atoms with Crippen molar-refractivity contribution in [2.45, 2.75) is 11.1 Å². The molecule has 0 aromatic heterocycles. The molecule has 1 aliphatic heterocycles. The van der Waals surface area contributed by atoms with E-state index in [9.17, 15) is 22.0 Å². The fourth-order valence-electron chi connectivity index (χ4n) is 1.63. The first-order chi connectivity index (χ1) is 5.73. The van der Waals surface area contributed by atoms with E-state index in [0.29, 0.717) is 0 Å². The second-order valence-electron chi connectivity index (χ2n) is 3.14. The number of rotatable bonds is 0. The summed E-state index contributed by atoms with van der Waals surface area (Å²) in [4.78, 5) is 0. The molecule has 0 amide bonds. The maximum Gasteiger partial charge on any atom is 0.373 e. The lowest BCUT2D eigenvalue weighted by molar-refractivity contribution is 0.174. The smallest absolute Gasteiger partial charge is 0.373 e. The van der Waals surface area contributed by atoms with Gasteiger partial charge in [0.15, 0.2) is 11.1 Å². The van der Waals surface area contributed by atoms with Crippen LogP contribution in [0, 0.1) is 6.17 Å². The third-order valence-electron chi connectivity index (χ3n) is 2.58. The summed E-state index contributed by atoms with van der Waals surface area (Å²) in [5.41, 5.74) is -7.94. The molecule has 1 aliphatic carbocycles. The molecule has 0 spiro atoms. The fraction of sp³-hybridized carbons (Fsp3) is 0.400. The monoisotopic (exact) mass is 200 g/mol. The zero-order valence-corrected chi connectivity index (χ0v) is 5.86. The van der Waals surface area contributed by atoms with Crippen LogP contribution in [0.1, 0.15) is 0 Å². The summed E-state index contributed by atoms with van der Waals surface area (Å²) in [7, 11) is 0. The molecule has 72 valence electrons. The summed E-state index contributed by atoms with van der Waals surface area (Å²) in [5.74, 6) is -4.76. The highest BCUT2D eigenvalue weighted by Gasteiger charge is 3.02. The average molecular weight is 200 g/mol. The standard InChI is InChI=1S/C5H2BF5O2/c7-1-2(8)4(10)5(11,3(1)9)6(4,12)13/h12-13H/t4-,5?/m1/s1. The van der Waals surface area contributed by atoms with E-state index in [2.05, 4.69) is 0 Å². The SMILES string of the molecule is O[B-]1(O)C2(F)[C+](F)C(F)=C(F)[C@]12F. The first-order valence-electron chi connectivity index (χ1n) is 3.29. The largest absolute Gasteiger partial charge is 0.576 e. The fourth-order valence-corrected chi connectivity index (χ4v) is 1.63. The zero-order chi connectivity index (χ0) is 10.2. The Morgan fingerprint density at radius 2 is 1.69 bits per heavy atom. The van der Waals surface area contributed by atoms with Crippen LogP contribution in [0.2, 0.25) is 0 Å². The van der Waals surface area contributed by atoms with Crippen molar-refractivity contribution in [2.24, 2.45) is 0 Å². The number of hydrogen-bond donors (Lipinski definition) is 2. The van der Waals surface area contributed by atoms with Crippen LogP contribution in [-0.4, -0.2) is 27.7 Å². The van der Waals surface area contributed by atoms with E-state index >= 15 is 0 Å². The molecule has 1 saturated heterocycles. The van der Waals surface area contributed by atoms with Gasteiger partial charge in [0.1, 0.15) is 0 Å². The van der Waals surface area contributed by atoms with E-state index in [0.717, 1.165) is 0 Å². The maximum absolute atomic E-state index is 13.0. The van der Waals surface area contributed by atoms with Crippen molar-refractivity contribution in [3.63, 3.8) is 0 Å². The maximum atomic E-state index is 13.0. The second kappa shape index (κ2) is 1.71. The zero-order valence-electron chi connectivity index (χ0n) is 5.86. The quantitative estimate of drug-likeness (QED) is 0.341. The van der Waals surface area contributed by atoms with Gasteiger partial charge >= 0.3 is 12.4 Å². The molecule has 2 rings (SSSR count). The van der Waals surface area contributed by atoms with E-state index < -0.39 is 35.5 Å². The highest BCUT2D eigenvalue weighted by atomic mass is 19.2. The molecule has 2 atom stereocenters. The summed E-state index contributed by atoms with van der Waals surface area (Å²) in [6.45, 7) is -4.53. The third kappa shape index (κ3) is 0.491. The van der Waals surface area contributed by atoms with Crippen molar-refractivity contribution < 1.29 is 32.0 Å². The Labute approximate surface area is 68.6 Å². The average Bonchev–Trinajstić information content (AvgIpc) is 2.36. The molecule has 1 heterocycles. The van der Waals surface area contributed by atoms with Gasteiger partial charge in [-0.05, 0) is 0 Å². The van der Waals surface area contributed by atoms with Crippen molar-refractivity contribution in [3.05, 3.63) is 17.8 Å². The molecular formula is C5H2BF5O2. The van der Waals surface area contributed by atoms with E-state index in [1.54, 1.807) is 0 Å². The molecule has 0 aromatic carbocycles. The lowest BCUT2D eigenvalue weighted by Gasteiger charge is -2.08. The Balaban J connectivity index is 2.59. The highest BCUT2D eigenvalue weighted by Crippen LogP contribution is 2.73. The predicted octanol–water partition coefficient (Wildman–Crippen LogP) is 0.587. The summed E-state index contributed by atoms with van der Waals surface area (Å²) in [5, 5.41) is 17.1. The minimum atomic E-state index is -4.53. The van der Waals surface area contributed by atoms with E-state index in [1.165, 1.54) is 0 Å². The molecule has 13 heavy (non-hydrogen) atoms. The normalized spacial score (nSPS) is 46.8. The van der Waals surface area contributed by atoms with Gasteiger partial charge in [-0.15, -0.1) is 0 Å². The van der Waals surface area contributed by atoms with Gasteiger partial charge in [-0.25, -0.2) is 8.78 Å². The topological polar surface area (TPSA) is 40.5 Å². The molecule has 2 N–H and O–H groups in total. The Bertz CT molecular complexity index is 331. The second-order valence-corrected chi connectivity index (χ2v) is 3.14.